The first-order chi connectivity index (χ1) is 15.2. The molecule has 0 saturated heterocycles. The van der Waals surface area contributed by atoms with E-state index in [1.165, 1.54) is 11.1 Å². The Bertz CT molecular complexity index is 1190. The van der Waals surface area contributed by atoms with Gasteiger partial charge in [0.2, 0.25) is 0 Å². The van der Waals surface area contributed by atoms with E-state index in [1.54, 1.807) is 0 Å². The summed E-state index contributed by atoms with van der Waals surface area (Å²) < 4.78 is 0. The molecule has 0 radical (unpaired) electrons. The quantitative estimate of drug-likeness (QED) is 0.395. The number of hydrogen-bond donors (Lipinski definition) is 0. The average Bonchev–Trinajstić information content (AvgIpc) is 2.83. The molecule has 4 aromatic carbocycles. The molecule has 0 aromatic heterocycles. The zero-order valence-corrected chi connectivity index (χ0v) is 17.5. The summed E-state index contributed by atoms with van der Waals surface area (Å²) in [6.07, 6.45) is -0.244. The number of rotatable bonds is 4. The summed E-state index contributed by atoms with van der Waals surface area (Å²) in [7, 11) is 0. The number of hydrogen-bond acceptors (Lipinski definition) is 2. The number of nitrogens with zero attached hydrogens (tertiary/aromatic N) is 2. The maximum atomic E-state index is 13.8. The van der Waals surface area contributed by atoms with Crippen LogP contribution in [0.2, 0.25) is 0 Å². The van der Waals surface area contributed by atoms with Crippen molar-refractivity contribution >= 4 is 17.3 Å². The van der Waals surface area contributed by atoms with Crippen LogP contribution in [0, 0.1) is 6.92 Å². The van der Waals surface area contributed by atoms with Gasteiger partial charge >= 0.3 is 0 Å². The fourth-order valence-corrected chi connectivity index (χ4v) is 4.29. The minimum absolute atomic E-state index is 0.0256. The highest BCUT2D eigenvalue weighted by atomic mass is 16.2. The molecule has 4 aromatic rings. The van der Waals surface area contributed by atoms with E-state index in [0.717, 1.165) is 22.5 Å². The number of benzene rings is 4. The van der Waals surface area contributed by atoms with Crippen molar-refractivity contribution in [2.75, 3.05) is 9.80 Å². The Labute approximate surface area is 183 Å². The van der Waals surface area contributed by atoms with Crippen molar-refractivity contribution in [3.8, 4) is 0 Å². The third kappa shape index (κ3) is 3.59. The number of carbonyl (C=O) groups excluding carboxylic acids is 1. The monoisotopic (exact) mass is 404 g/mol. The van der Waals surface area contributed by atoms with Gasteiger partial charge in [0.05, 0.1) is 11.3 Å². The van der Waals surface area contributed by atoms with E-state index in [-0.39, 0.29) is 12.1 Å². The zero-order chi connectivity index (χ0) is 21.2. The number of para-hydroxylation sites is 1. The van der Waals surface area contributed by atoms with Crippen molar-refractivity contribution in [2.45, 2.75) is 19.6 Å². The molecule has 1 amide bonds. The lowest BCUT2D eigenvalue weighted by atomic mass is 9.99. The molecule has 3 nitrogen and oxygen atoms in total. The second kappa shape index (κ2) is 8.11. The molecular formula is C28H24N2O. The number of aryl methyl sites for hydroxylation is 1. The summed E-state index contributed by atoms with van der Waals surface area (Å²) in [6, 6.07) is 36.8. The van der Waals surface area contributed by atoms with Crippen molar-refractivity contribution in [1.82, 2.24) is 0 Å². The highest BCUT2D eigenvalue weighted by molar-refractivity contribution is 6.12. The summed E-state index contributed by atoms with van der Waals surface area (Å²) in [5.41, 5.74) is 6.06. The lowest BCUT2D eigenvalue weighted by Gasteiger charge is -2.46. The molecule has 1 aliphatic rings. The third-order valence-electron chi connectivity index (χ3n) is 5.81. The second-order valence-corrected chi connectivity index (χ2v) is 7.93. The fourth-order valence-electron chi connectivity index (χ4n) is 4.29. The summed E-state index contributed by atoms with van der Waals surface area (Å²) >= 11 is 0. The van der Waals surface area contributed by atoms with Gasteiger partial charge in [-0.1, -0.05) is 90.5 Å². The SMILES string of the molecule is Cc1ccc(N2C(=O)c3ccccc3N(Cc3ccccc3)[C@H]2c2ccccc2)cc1. The highest BCUT2D eigenvalue weighted by Gasteiger charge is 2.39. The maximum absolute atomic E-state index is 13.8. The molecule has 1 heterocycles. The Kier molecular flexibility index (Phi) is 5.01. The molecule has 5 rings (SSSR count). The van der Waals surface area contributed by atoms with Crippen molar-refractivity contribution < 1.29 is 4.79 Å². The van der Waals surface area contributed by atoms with Gasteiger partial charge in [0.25, 0.3) is 5.91 Å². The second-order valence-electron chi connectivity index (χ2n) is 7.93. The summed E-state index contributed by atoms with van der Waals surface area (Å²) in [4.78, 5) is 18.0. The van der Waals surface area contributed by atoms with Crippen LogP contribution < -0.4 is 9.80 Å². The summed E-state index contributed by atoms with van der Waals surface area (Å²) in [5, 5.41) is 0. The van der Waals surface area contributed by atoms with Crippen LogP contribution >= 0.6 is 0 Å². The molecule has 0 unspecified atom stereocenters. The van der Waals surface area contributed by atoms with Gasteiger partial charge in [0, 0.05) is 12.2 Å². The number of anilines is 2. The molecule has 31 heavy (non-hydrogen) atoms. The number of fused-ring (bicyclic) bond motifs is 1. The average molecular weight is 405 g/mol. The van der Waals surface area contributed by atoms with Gasteiger partial charge in [0.1, 0.15) is 6.17 Å². The van der Waals surface area contributed by atoms with Gasteiger partial charge in [0.15, 0.2) is 0 Å². The van der Waals surface area contributed by atoms with Crippen molar-refractivity contribution in [3.05, 3.63) is 131 Å². The highest BCUT2D eigenvalue weighted by Crippen LogP contribution is 2.42. The minimum atomic E-state index is -0.244. The molecular weight excluding hydrogens is 380 g/mol. The van der Waals surface area contributed by atoms with Crippen LogP contribution in [0.15, 0.2) is 109 Å². The van der Waals surface area contributed by atoms with Crippen LogP contribution in [-0.4, -0.2) is 5.91 Å². The first-order valence-corrected chi connectivity index (χ1v) is 10.6. The van der Waals surface area contributed by atoms with E-state index < -0.39 is 0 Å². The third-order valence-corrected chi connectivity index (χ3v) is 5.81. The van der Waals surface area contributed by atoms with E-state index in [9.17, 15) is 4.79 Å². The Hall–Kier alpha value is -3.85. The molecule has 0 fully saturated rings. The topological polar surface area (TPSA) is 23.6 Å². The predicted molar refractivity (Wildman–Crippen MR) is 126 cm³/mol. The van der Waals surface area contributed by atoms with Crippen molar-refractivity contribution in [2.24, 2.45) is 0 Å². The van der Waals surface area contributed by atoms with E-state index in [1.807, 2.05) is 59.5 Å². The van der Waals surface area contributed by atoms with E-state index in [0.29, 0.717) is 6.54 Å². The van der Waals surface area contributed by atoms with Gasteiger partial charge in [-0.15, -0.1) is 0 Å². The van der Waals surface area contributed by atoms with Crippen molar-refractivity contribution in [1.29, 1.82) is 0 Å². The Morgan fingerprint density at radius 2 is 1.32 bits per heavy atom. The van der Waals surface area contributed by atoms with Gasteiger partial charge < -0.3 is 4.90 Å². The van der Waals surface area contributed by atoms with E-state index in [4.69, 9.17) is 0 Å². The Morgan fingerprint density at radius 3 is 2.03 bits per heavy atom. The Morgan fingerprint density at radius 1 is 0.710 bits per heavy atom. The van der Waals surface area contributed by atoms with Gasteiger partial charge in [-0.25, -0.2) is 0 Å². The fraction of sp³-hybridized carbons (Fsp3) is 0.107. The molecule has 3 heteroatoms. The van der Waals surface area contributed by atoms with Crippen LogP contribution in [0.4, 0.5) is 11.4 Å². The molecule has 0 spiro atoms. The lowest BCUT2D eigenvalue weighted by molar-refractivity contribution is 0.0968. The van der Waals surface area contributed by atoms with Crippen LogP contribution in [-0.2, 0) is 6.54 Å². The first-order valence-electron chi connectivity index (χ1n) is 10.6. The van der Waals surface area contributed by atoms with Gasteiger partial charge in [-0.3, -0.25) is 9.69 Å². The van der Waals surface area contributed by atoms with Gasteiger partial charge in [-0.05, 0) is 42.3 Å². The number of amides is 1. The molecule has 152 valence electrons. The maximum Gasteiger partial charge on any atom is 0.262 e. The largest absolute Gasteiger partial charge is 0.342 e. The molecule has 1 aliphatic heterocycles. The lowest BCUT2D eigenvalue weighted by Crippen LogP contribution is -2.49. The molecule has 0 N–H and O–H groups in total. The van der Waals surface area contributed by atoms with Crippen LogP contribution in [0.25, 0.3) is 0 Å². The summed E-state index contributed by atoms with van der Waals surface area (Å²) in [5.74, 6) is 0.0256. The normalized spacial score (nSPS) is 15.6. The Balaban J connectivity index is 1.72. The zero-order valence-electron chi connectivity index (χ0n) is 17.5. The molecule has 0 aliphatic carbocycles. The standard InChI is InChI=1S/C28H24N2O/c1-21-16-18-24(19-17-21)30-27(23-12-6-3-7-13-23)29(20-22-10-4-2-5-11-22)26-15-9-8-14-25(26)28(30)31/h2-19,27H,20H2,1H3/t27-/m1/s1. The molecule has 0 bridgehead atoms. The minimum Gasteiger partial charge on any atom is -0.342 e. The van der Waals surface area contributed by atoms with Crippen molar-refractivity contribution in [3.63, 3.8) is 0 Å². The smallest absolute Gasteiger partial charge is 0.262 e. The van der Waals surface area contributed by atoms with Crippen LogP contribution in [0.5, 0.6) is 0 Å². The molecule has 1 atom stereocenters. The van der Waals surface area contributed by atoms with E-state index in [2.05, 4.69) is 66.4 Å². The number of carbonyl (C=O) groups is 1. The first kappa shape index (κ1) is 19.1. The van der Waals surface area contributed by atoms with E-state index >= 15 is 0 Å². The van der Waals surface area contributed by atoms with Crippen LogP contribution in [0.3, 0.4) is 0 Å². The summed E-state index contributed by atoms with van der Waals surface area (Å²) in [6.45, 7) is 2.76. The van der Waals surface area contributed by atoms with Gasteiger partial charge in [-0.2, -0.15) is 0 Å². The predicted octanol–water partition coefficient (Wildman–Crippen LogP) is 6.36. The van der Waals surface area contributed by atoms with Crippen LogP contribution in [0.1, 0.15) is 33.2 Å². The molecule has 0 saturated carbocycles.